The lowest BCUT2D eigenvalue weighted by Crippen LogP contribution is -2.36. The highest BCUT2D eigenvalue weighted by Crippen LogP contribution is 2.17. The van der Waals surface area contributed by atoms with Gasteiger partial charge in [-0.05, 0) is 31.5 Å². The van der Waals surface area contributed by atoms with Crippen LogP contribution in [0.3, 0.4) is 0 Å². The molecule has 1 aliphatic rings. The van der Waals surface area contributed by atoms with Gasteiger partial charge >= 0.3 is 0 Å². The molecule has 0 amide bonds. The number of nitrogens with one attached hydrogen (secondary N) is 1. The van der Waals surface area contributed by atoms with Gasteiger partial charge in [-0.1, -0.05) is 0 Å². The molecule has 4 nitrogen and oxygen atoms in total. The largest absolute Gasteiger partial charge is 0.316 e. The molecule has 1 aromatic heterocycles. The Morgan fingerprint density at radius 2 is 2.50 bits per heavy atom. The maximum Gasteiger partial charge on any atom is 0.145 e. The van der Waals surface area contributed by atoms with E-state index in [2.05, 4.69) is 10.3 Å². The first kappa shape index (κ1) is 11.2. The molecule has 0 aromatic carbocycles. The minimum Gasteiger partial charge on any atom is -0.316 e. The second-order valence-electron chi connectivity index (χ2n) is 3.73. The Hall–Kier alpha value is -1.25. The van der Waals surface area contributed by atoms with Gasteiger partial charge in [0.25, 0.3) is 0 Å². The molecule has 84 valence electrons. The number of piperidine rings is 1. The Bertz CT molecular complexity index is 435. The summed E-state index contributed by atoms with van der Waals surface area (Å²) in [5.74, 6) is 0. The molecule has 2 atom stereocenters. The van der Waals surface area contributed by atoms with Crippen molar-refractivity contribution >= 4 is 10.8 Å². The van der Waals surface area contributed by atoms with E-state index in [4.69, 9.17) is 5.26 Å². The average Bonchev–Trinajstić information content (AvgIpc) is 2.39. The fourth-order valence-corrected chi connectivity index (χ4v) is 3.26. The van der Waals surface area contributed by atoms with Crippen LogP contribution in [0.15, 0.2) is 23.4 Å². The van der Waals surface area contributed by atoms with Crippen LogP contribution < -0.4 is 5.32 Å². The number of hydrogen-bond acceptors (Lipinski definition) is 4. The van der Waals surface area contributed by atoms with Crippen molar-refractivity contribution < 1.29 is 4.21 Å². The molecule has 1 saturated heterocycles. The van der Waals surface area contributed by atoms with E-state index in [-0.39, 0.29) is 5.25 Å². The summed E-state index contributed by atoms with van der Waals surface area (Å²) in [6, 6.07) is 5.40. The molecule has 1 fully saturated rings. The molecule has 0 unspecified atom stereocenters. The zero-order chi connectivity index (χ0) is 11.4. The summed E-state index contributed by atoms with van der Waals surface area (Å²) < 4.78 is 12.2. The third-order valence-corrected chi connectivity index (χ3v) is 4.35. The molecule has 1 N–H and O–H groups in total. The summed E-state index contributed by atoms with van der Waals surface area (Å²) in [6.45, 7) is 1.73. The summed E-state index contributed by atoms with van der Waals surface area (Å²) in [7, 11) is -1.18. The molecule has 16 heavy (non-hydrogen) atoms. The minimum atomic E-state index is -1.18. The van der Waals surface area contributed by atoms with Crippen molar-refractivity contribution in [2.24, 2.45) is 0 Å². The van der Waals surface area contributed by atoms with Gasteiger partial charge in [-0.3, -0.25) is 4.21 Å². The van der Waals surface area contributed by atoms with E-state index < -0.39 is 10.8 Å². The molecule has 0 saturated carbocycles. The Kier molecular flexibility index (Phi) is 3.65. The van der Waals surface area contributed by atoms with Gasteiger partial charge in [0.1, 0.15) is 11.1 Å². The van der Waals surface area contributed by atoms with Crippen LogP contribution in [0.25, 0.3) is 0 Å². The van der Waals surface area contributed by atoms with Gasteiger partial charge in [-0.25, -0.2) is 4.98 Å². The molecule has 0 spiro atoms. The molecule has 0 bridgehead atoms. The van der Waals surface area contributed by atoms with Crippen molar-refractivity contribution in [2.45, 2.75) is 23.1 Å². The quantitative estimate of drug-likeness (QED) is 0.824. The third-order valence-electron chi connectivity index (χ3n) is 2.64. The van der Waals surface area contributed by atoms with E-state index >= 15 is 0 Å². The van der Waals surface area contributed by atoms with Crippen molar-refractivity contribution in [1.82, 2.24) is 10.3 Å². The molecule has 0 radical (unpaired) electrons. The van der Waals surface area contributed by atoms with E-state index in [9.17, 15) is 4.21 Å². The van der Waals surface area contributed by atoms with Gasteiger partial charge < -0.3 is 5.32 Å². The van der Waals surface area contributed by atoms with Crippen LogP contribution in [0, 0.1) is 11.3 Å². The van der Waals surface area contributed by atoms with Gasteiger partial charge in [0.2, 0.25) is 0 Å². The second kappa shape index (κ2) is 5.19. The molecule has 1 aromatic rings. The van der Waals surface area contributed by atoms with Gasteiger partial charge in [0, 0.05) is 12.7 Å². The van der Waals surface area contributed by atoms with Crippen LogP contribution in [0.4, 0.5) is 0 Å². The van der Waals surface area contributed by atoms with E-state index in [0.717, 1.165) is 25.9 Å². The van der Waals surface area contributed by atoms with Gasteiger partial charge in [-0.2, -0.15) is 5.26 Å². The molecule has 5 heteroatoms. The molecule has 2 heterocycles. The summed E-state index contributed by atoms with van der Waals surface area (Å²) in [6.07, 6.45) is 3.55. The monoisotopic (exact) mass is 235 g/mol. The van der Waals surface area contributed by atoms with Crippen LogP contribution in [0.5, 0.6) is 0 Å². The number of hydrogen-bond donors (Lipinski definition) is 1. The maximum absolute atomic E-state index is 12.2. The smallest absolute Gasteiger partial charge is 0.145 e. The summed E-state index contributed by atoms with van der Waals surface area (Å²) in [5, 5.41) is 12.7. The lowest BCUT2D eigenvalue weighted by molar-refractivity contribution is 0.519. The van der Waals surface area contributed by atoms with Crippen molar-refractivity contribution in [2.75, 3.05) is 13.1 Å². The lowest BCUT2D eigenvalue weighted by Gasteiger charge is -2.21. The second-order valence-corrected chi connectivity index (χ2v) is 5.38. The molecule has 0 aliphatic carbocycles. The van der Waals surface area contributed by atoms with E-state index in [1.165, 1.54) is 0 Å². The van der Waals surface area contributed by atoms with Crippen molar-refractivity contribution in [3.63, 3.8) is 0 Å². The van der Waals surface area contributed by atoms with Gasteiger partial charge in [-0.15, -0.1) is 0 Å². The number of nitriles is 1. The molecular formula is C11H13N3OS. The third kappa shape index (κ3) is 2.29. The topological polar surface area (TPSA) is 65.8 Å². The summed E-state index contributed by atoms with van der Waals surface area (Å²) in [4.78, 5) is 4.07. The average molecular weight is 235 g/mol. The predicted molar refractivity (Wildman–Crippen MR) is 61.3 cm³/mol. The first-order chi connectivity index (χ1) is 7.83. The Morgan fingerprint density at radius 3 is 3.19 bits per heavy atom. The van der Waals surface area contributed by atoms with Crippen LogP contribution in [0.1, 0.15) is 18.4 Å². The van der Waals surface area contributed by atoms with Gasteiger partial charge in [0.05, 0.1) is 21.6 Å². The lowest BCUT2D eigenvalue weighted by atomic mass is 10.2. The highest BCUT2D eigenvalue weighted by atomic mass is 32.2. The number of pyridine rings is 1. The standard InChI is InChI=1S/C11H13N3OS/c12-7-9-3-1-6-14-11(9)16(15)10-4-2-5-13-8-10/h1,3,6,10,13H,2,4-5,8H2/t10-,16-/m1/s1. The number of nitrogens with zero attached hydrogens (tertiary/aromatic N) is 2. The SMILES string of the molecule is N#Cc1cccnc1[S@](=O)[C@@H]1CCCNC1. The Balaban J connectivity index is 2.23. The van der Waals surface area contributed by atoms with Crippen LogP contribution in [-0.4, -0.2) is 27.5 Å². The first-order valence-electron chi connectivity index (χ1n) is 5.29. The molecular weight excluding hydrogens is 222 g/mol. The van der Waals surface area contributed by atoms with Crippen molar-refractivity contribution in [1.29, 1.82) is 5.26 Å². The predicted octanol–water partition coefficient (Wildman–Crippen LogP) is 0.813. The fourth-order valence-electron chi connectivity index (χ4n) is 1.80. The number of aromatic nitrogens is 1. The van der Waals surface area contributed by atoms with E-state index in [0.29, 0.717) is 10.6 Å². The van der Waals surface area contributed by atoms with Gasteiger partial charge in [0.15, 0.2) is 0 Å². The zero-order valence-corrected chi connectivity index (χ0v) is 9.67. The van der Waals surface area contributed by atoms with Crippen LogP contribution >= 0.6 is 0 Å². The summed E-state index contributed by atoms with van der Waals surface area (Å²) >= 11 is 0. The Morgan fingerprint density at radius 1 is 1.62 bits per heavy atom. The highest BCUT2D eigenvalue weighted by molar-refractivity contribution is 7.85. The highest BCUT2D eigenvalue weighted by Gasteiger charge is 2.23. The zero-order valence-electron chi connectivity index (χ0n) is 8.85. The summed E-state index contributed by atoms with van der Waals surface area (Å²) in [5.41, 5.74) is 0.423. The fraction of sp³-hybridized carbons (Fsp3) is 0.455. The maximum atomic E-state index is 12.2. The first-order valence-corrected chi connectivity index (χ1v) is 6.50. The Labute approximate surface area is 97.2 Å². The normalized spacial score (nSPS) is 22.3. The number of rotatable bonds is 2. The van der Waals surface area contributed by atoms with Crippen LogP contribution in [-0.2, 0) is 10.8 Å². The van der Waals surface area contributed by atoms with E-state index in [1.807, 2.05) is 6.07 Å². The molecule has 1 aliphatic heterocycles. The molecule has 2 rings (SSSR count). The van der Waals surface area contributed by atoms with Crippen molar-refractivity contribution in [3.8, 4) is 6.07 Å². The van der Waals surface area contributed by atoms with Crippen molar-refractivity contribution in [3.05, 3.63) is 23.9 Å². The minimum absolute atomic E-state index is 0.0794. The van der Waals surface area contributed by atoms with Crippen LogP contribution in [0.2, 0.25) is 0 Å². The van der Waals surface area contributed by atoms with E-state index in [1.54, 1.807) is 18.3 Å².